The van der Waals surface area contributed by atoms with Crippen LogP contribution in [-0.4, -0.2) is 12.5 Å². The van der Waals surface area contributed by atoms with Crippen LogP contribution in [0, 0.1) is 11.3 Å². The van der Waals surface area contributed by atoms with Gasteiger partial charge >= 0.3 is 0 Å². The van der Waals surface area contributed by atoms with E-state index in [0.717, 1.165) is 18.9 Å². The molecule has 2 unspecified atom stereocenters. The number of piperidine rings is 1. The summed E-state index contributed by atoms with van der Waals surface area (Å²) in [5.74, 6) is 1.12. The van der Waals surface area contributed by atoms with Crippen molar-refractivity contribution >= 4 is 5.91 Å². The molecule has 2 aliphatic rings. The summed E-state index contributed by atoms with van der Waals surface area (Å²) in [6.07, 6.45) is 5.88. The Bertz CT molecular complexity index is 198. The molecule has 0 aromatic carbocycles. The molecule has 1 N–H and O–H groups in total. The Kier molecular flexibility index (Phi) is 3.97. The van der Waals surface area contributed by atoms with Crippen LogP contribution in [0.25, 0.3) is 0 Å². The topological polar surface area (TPSA) is 29.1 Å². The lowest BCUT2D eigenvalue weighted by molar-refractivity contribution is -0.125. The maximum Gasteiger partial charge on any atom is 0.220 e. The second-order valence-corrected chi connectivity index (χ2v) is 4.62. The molecule has 0 radical (unpaired) electrons. The third-order valence-corrected chi connectivity index (χ3v) is 3.46. The molecule has 14 heavy (non-hydrogen) atoms. The summed E-state index contributed by atoms with van der Waals surface area (Å²) in [5, 5.41) is 2.91. The second kappa shape index (κ2) is 4.81. The van der Waals surface area contributed by atoms with Gasteiger partial charge in [0, 0.05) is 13.0 Å². The van der Waals surface area contributed by atoms with Crippen LogP contribution in [0.4, 0.5) is 0 Å². The molecule has 1 saturated carbocycles. The summed E-state index contributed by atoms with van der Waals surface area (Å²) in [7, 11) is 0. The van der Waals surface area contributed by atoms with Crippen molar-refractivity contribution in [3.05, 3.63) is 0 Å². The van der Waals surface area contributed by atoms with Crippen molar-refractivity contribution in [1.82, 2.24) is 5.32 Å². The van der Waals surface area contributed by atoms with E-state index in [9.17, 15) is 4.79 Å². The number of hydrogen-bond acceptors (Lipinski definition) is 1. The van der Waals surface area contributed by atoms with E-state index in [4.69, 9.17) is 0 Å². The van der Waals surface area contributed by atoms with Gasteiger partial charge in [-0.05, 0) is 30.6 Å². The lowest BCUT2D eigenvalue weighted by atomic mass is 9.77. The molecule has 0 bridgehead atoms. The zero-order chi connectivity index (χ0) is 10.6. The molecule has 0 aromatic heterocycles. The first-order valence-corrected chi connectivity index (χ1v) is 5.97. The maximum absolute atomic E-state index is 11.2. The average molecular weight is 197 g/mol. The molecule has 1 aliphatic carbocycles. The fraction of sp³-hybridized carbons (Fsp3) is 0.917. The summed E-state index contributed by atoms with van der Waals surface area (Å²) in [5.41, 5.74) is 0.405. The Hall–Kier alpha value is -0.530. The van der Waals surface area contributed by atoms with Gasteiger partial charge in [0.25, 0.3) is 0 Å². The van der Waals surface area contributed by atoms with E-state index in [1.807, 2.05) is 13.8 Å². The molecular weight excluding hydrogens is 174 g/mol. The van der Waals surface area contributed by atoms with Crippen molar-refractivity contribution in [3.8, 4) is 0 Å². The Morgan fingerprint density at radius 1 is 1.36 bits per heavy atom. The summed E-state index contributed by atoms with van der Waals surface area (Å²) >= 11 is 0. The van der Waals surface area contributed by atoms with E-state index < -0.39 is 0 Å². The third kappa shape index (κ3) is 2.49. The van der Waals surface area contributed by atoms with Gasteiger partial charge in [0.05, 0.1) is 0 Å². The SMILES string of the molecule is CC.CC1CCC2(CCNC(=O)C2)C1. The first kappa shape index (κ1) is 11.5. The molecule has 0 aromatic rings. The molecule has 2 heteroatoms. The van der Waals surface area contributed by atoms with Crippen LogP contribution >= 0.6 is 0 Å². The van der Waals surface area contributed by atoms with Crippen molar-refractivity contribution in [2.45, 2.75) is 52.9 Å². The van der Waals surface area contributed by atoms with Gasteiger partial charge in [-0.3, -0.25) is 4.79 Å². The van der Waals surface area contributed by atoms with E-state index in [0.29, 0.717) is 5.41 Å². The second-order valence-electron chi connectivity index (χ2n) is 4.62. The highest BCUT2D eigenvalue weighted by molar-refractivity contribution is 5.77. The van der Waals surface area contributed by atoms with Crippen LogP contribution in [0.15, 0.2) is 0 Å². The highest BCUT2D eigenvalue weighted by Crippen LogP contribution is 2.47. The zero-order valence-corrected chi connectivity index (χ0v) is 9.73. The Morgan fingerprint density at radius 3 is 2.57 bits per heavy atom. The smallest absolute Gasteiger partial charge is 0.220 e. The van der Waals surface area contributed by atoms with Gasteiger partial charge in [-0.25, -0.2) is 0 Å². The van der Waals surface area contributed by atoms with E-state index >= 15 is 0 Å². The van der Waals surface area contributed by atoms with Gasteiger partial charge in [-0.2, -0.15) is 0 Å². The molecule has 1 saturated heterocycles. The van der Waals surface area contributed by atoms with Crippen LogP contribution in [-0.2, 0) is 4.79 Å². The lowest BCUT2D eigenvalue weighted by Crippen LogP contribution is -2.39. The fourth-order valence-corrected chi connectivity index (χ4v) is 2.84. The molecule has 2 fully saturated rings. The minimum absolute atomic E-state index is 0.273. The van der Waals surface area contributed by atoms with Crippen LogP contribution < -0.4 is 5.32 Å². The molecule has 1 amide bonds. The molecule has 1 spiro atoms. The van der Waals surface area contributed by atoms with E-state index in [-0.39, 0.29) is 5.91 Å². The molecule has 2 atom stereocenters. The van der Waals surface area contributed by atoms with Crippen molar-refractivity contribution in [3.63, 3.8) is 0 Å². The maximum atomic E-state index is 11.2. The zero-order valence-electron chi connectivity index (χ0n) is 9.73. The van der Waals surface area contributed by atoms with Gasteiger partial charge < -0.3 is 5.32 Å². The number of carbonyl (C=O) groups is 1. The van der Waals surface area contributed by atoms with Crippen molar-refractivity contribution < 1.29 is 4.79 Å². The number of hydrogen-bond donors (Lipinski definition) is 1. The Balaban J connectivity index is 0.000000461. The van der Waals surface area contributed by atoms with Crippen LogP contribution in [0.2, 0.25) is 0 Å². The van der Waals surface area contributed by atoms with Crippen LogP contribution in [0.1, 0.15) is 52.9 Å². The van der Waals surface area contributed by atoms with E-state index in [1.54, 1.807) is 0 Å². The molecule has 1 aliphatic heterocycles. The van der Waals surface area contributed by atoms with Gasteiger partial charge in [-0.15, -0.1) is 0 Å². The monoisotopic (exact) mass is 197 g/mol. The number of carbonyl (C=O) groups excluding carboxylic acids is 1. The summed E-state index contributed by atoms with van der Waals surface area (Å²) < 4.78 is 0. The summed E-state index contributed by atoms with van der Waals surface area (Å²) in [6.45, 7) is 7.22. The van der Waals surface area contributed by atoms with Gasteiger partial charge in [0.1, 0.15) is 0 Å². The highest BCUT2D eigenvalue weighted by atomic mass is 16.1. The molecule has 82 valence electrons. The lowest BCUT2D eigenvalue weighted by Gasteiger charge is -2.32. The van der Waals surface area contributed by atoms with Crippen molar-refractivity contribution in [1.29, 1.82) is 0 Å². The first-order chi connectivity index (χ1) is 6.70. The average Bonchev–Trinajstić information content (AvgIpc) is 2.50. The standard InChI is InChI=1S/C10H17NO.C2H6/c1-8-2-3-10(6-8)4-5-11-9(12)7-10;1-2/h8H,2-7H2,1H3,(H,11,12);1-2H3. The molecule has 1 heterocycles. The van der Waals surface area contributed by atoms with Crippen LogP contribution in [0.5, 0.6) is 0 Å². The normalized spacial score (nSPS) is 36.2. The largest absolute Gasteiger partial charge is 0.356 e. The Morgan fingerprint density at radius 2 is 2.07 bits per heavy atom. The van der Waals surface area contributed by atoms with Gasteiger partial charge in [-0.1, -0.05) is 27.2 Å². The predicted molar refractivity (Wildman–Crippen MR) is 59.0 cm³/mol. The van der Waals surface area contributed by atoms with Gasteiger partial charge in [0.2, 0.25) is 5.91 Å². The number of amides is 1. The Labute approximate surface area is 87.5 Å². The quantitative estimate of drug-likeness (QED) is 0.635. The minimum Gasteiger partial charge on any atom is -0.356 e. The predicted octanol–water partition coefficient (Wildman–Crippen LogP) is 2.73. The first-order valence-electron chi connectivity index (χ1n) is 5.97. The highest BCUT2D eigenvalue weighted by Gasteiger charge is 2.40. The molecule has 2 nitrogen and oxygen atoms in total. The van der Waals surface area contributed by atoms with E-state index in [1.165, 1.54) is 25.7 Å². The number of rotatable bonds is 0. The summed E-state index contributed by atoms with van der Waals surface area (Å²) in [6, 6.07) is 0. The van der Waals surface area contributed by atoms with Gasteiger partial charge in [0.15, 0.2) is 0 Å². The molecular formula is C12H23NO. The van der Waals surface area contributed by atoms with E-state index in [2.05, 4.69) is 12.2 Å². The number of nitrogens with one attached hydrogen (secondary N) is 1. The van der Waals surface area contributed by atoms with Crippen molar-refractivity contribution in [2.24, 2.45) is 11.3 Å². The third-order valence-electron chi connectivity index (χ3n) is 3.46. The van der Waals surface area contributed by atoms with Crippen molar-refractivity contribution in [2.75, 3.05) is 6.54 Å². The molecule has 2 rings (SSSR count). The van der Waals surface area contributed by atoms with Crippen LogP contribution in [0.3, 0.4) is 0 Å². The summed E-state index contributed by atoms with van der Waals surface area (Å²) in [4.78, 5) is 11.2. The fourth-order valence-electron chi connectivity index (χ4n) is 2.84. The minimum atomic E-state index is 0.273.